The molecular formula is HMgNaO2. The average molecular weight is 80.3 g/mol. The van der Waals surface area contributed by atoms with Gasteiger partial charge in [-0.05, 0) is 0 Å². The van der Waals surface area contributed by atoms with Gasteiger partial charge in [-0.2, -0.15) is 0 Å². The van der Waals surface area contributed by atoms with Crippen LogP contribution in [0.3, 0.4) is 0 Å². The number of hydrogen-bond acceptors (Lipinski definition) is 1. The Morgan fingerprint density at radius 3 is 1.00 bits per heavy atom. The maximum absolute atomic E-state index is 0. The van der Waals surface area contributed by atoms with Crippen LogP contribution in [0.15, 0.2) is 0 Å². The maximum atomic E-state index is 0. The van der Waals surface area contributed by atoms with Gasteiger partial charge in [0.25, 0.3) is 0 Å². The van der Waals surface area contributed by atoms with Crippen LogP contribution < -0.4 is 29.6 Å². The molecule has 0 aliphatic carbocycles. The Morgan fingerprint density at radius 1 is 1.00 bits per heavy atom. The van der Waals surface area contributed by atoms with Crippen molar-refractivity contribution < 1.29 is 40.5 Å². The van der Waals surface area contributed by atoms with E-state index in [1.807, 2.05) is 0 Å². The minimum absolute atomic E-state index is 0. The molecule has 0 heterocycles. The van der Waals surface area contributed by atoms with E-state index >= 15 is 0 Å². The van der Waals surface area contributed by atoms with E-state index in [9.17, 15) is 0 Å². The molecule has 0 unspecified atom stereocenters. The van der Waals surface area contributed by atoms with Crippen LogP contribution in [0.4, 0.5) is 0 Å². The number of hydrogen-bond donors (Lipinski definition) is 0. The quantitative estimate of drug-likeness (QED) is 0.277. The summed E-state index contributed by atoms with van der Waals surface area (Å²) in [6, 6.07) is 0. The fraction of sp³-hybridized carbons (Fsp3) is 0. The Labute approximate surface area is 63.0 Å². The van der Waals surface area contributed by atoms with Crippen LogP contribution in [-0.2, 0) is 5.48 Å². The van der Waals surface area contributed by atoms with E-state index in [0.29, 0.717) is 0 Å². The summed E-state index contributed by atoms with van der Waals surface area (Å²) in [5.41, 5.74) is 0. The van der Waals surface area contributed by atoms with Crippen LogP contribution >= 0.6 is 0 Å². The summed E-state index contributed by atoms with van der Waals surface area (Å²) in [5.74, 6) is 0. The summed E-state index contributed by atoms with van der Waals surface area (Å²) >= 11 is 0. The second kappa shape index (κ2) is 22.4. The monoisotopic (exact) mass is 80.0 g/mol. The molecule has 0 radical (unpaired) electrons. The van der Waals surface area contributed by atoms with Gasteiger partial charge >= 0.3 is 52.6 Å². The van der Waals surface area contributed by atoms with Crippen molar-refractivity contribution in [1.29, 1.82) is 0 Å². The van der Waals surface area contributed by atoms with Gasteiger partial charge in [0, 0.05) is 0 Å². The van der Waals surface area contributed by atoms with E-state index < -0.39 is 0 Å². The smallest absolute Gasteiger partial charge is 2.00 e. The van der Waals surface area contributed by atoms with E-state index in [1.54, 1.807) is 0 Å². The van der Waals surface area contributed by atoms with Gasteiger partial charge in [0.2, 0.25) is 0 Å². The molecule has 4 heteroatoms. The fourth-order valence-electron chi connectivity index (χ4n) is 0. The first-order chi connectivity index (χ1) is 0. The van der Waals surface area contributed by atoms with E-state index in [-0.39, 0.29) is 63.6 Å². The zero-order chi connectivity index (χ0) is 0. The Bertz CT molecular complexity index is 6.00. The van der Waals surface area contributed by atoms with Crippen molar-refractivity contribution in [2.24, 2.45) is 0 Å². The van der Waals surface area contributed by atoms with Crippen LogP contribution in [0.2, 0.25) is 0 Å². The molecule has 0 amide bonds. The predicted molar refractivity (Wildman–Crippen MR) is 8.38 cm³/mol. The molecule has 0 aromatic heterocycles. The minimum atomic E-state index is 0. The molecule has 0 fully saturated rings. The van der Waals surface area contributed by atoms with Gasteiger partial charge in [-0.15, -0.1) is 0 Å². The third-order valence-electron chi connectivity index (χ3n) is 0. The number of rotatable bonds is 0. The Balaban J connectivity index is 0. The van der Waals surface area contributed by atoms with E-state index in [1.165, 1.54) is 0 Å². The van der Waals surface area contributed by atoms with Crippen molar-refractivity contribution in [2.75, 3.05) is 0 Å². The molecule has 16 valence electrons. The fourth-order valence-corrected chi connectivity index (χ4v) is 0. The van der Waals surface area contributed by atoms with E-state index in [0.717, 1.165) is 0 Å². The van der Waals surface area contributed by atoms with E-state index in [2.05, 4.69) is 0 Å². The summed E-state index contributed by atoms with van der Waals surface area (Å²) in [6.07, 6.45) is 0. The minimum Gasteiger partial charge on any atom is -2.00 e. The molecule has 0 aliphatic rings. The molecule has 0 saturated heterocycles. The molecule has 0 atom stereocenters. The molecule has 0 aliphatic heterocycles. The third-order valence-corrected chi connectivity index (χ3v) is 0. The van der Waals surface area contributed by atoms with Crippen molar-refractivity contribution in [3.8, 4) is 0 Å². The van der Waals surface area contributed by atoms with Crippen molar-refractivity contribution in [2.45, 2.75) is 0 Å². The Kier molecular flexibility index (Phi) is 246. The van der Waals surface area contributed by atoms with Crippen molar-refractivity contribution in [3.63, 3.8) is 0 Å². The maximum Gasteiger partial charge on any atom is 2.00 e. The van der Waals surface area contributed by atoms with Crippen molar-refractivity contribution in [3.05, 3.63) is 0 Å². The van der Waals surface area contributed by atoms with Gasteiger partial charge in [-0.25, -0.2) is 0 Å². The van der Waals surface area contributed by atoms with E-state index in [4.69, 9.17) is 0 Å². The largest absolute Gasteiger partial charge is 2.00 e. The third kappa shape index (κ3) is 9.35. The van der Waals surface area contributed by atoms with Gasteiger partial charge in [0.05, 0.1) is 0 Å². The topological polar surface area (TPSA) is 58.5 Å². The van der Waals surface area contributed by atoms with Crippen LogP contribution in [0.1, 0.15) is 0 Å². The molecular weight excluding hydrogens is 79.3 g/mol. The van der Waals surface area contributed by atoms with Gasteiger partial charge in [-0.3, -0.25) is 0 Å². The summed E-state index contributed by atoms with van der Waals surface area (Å²) in [7, 11) is 0. The van der Waals surface area contributed by atoms with Crippen LogP contribution in [0, 0.1) is 0 Å². The van der Waals surface area contributed by atoms with Crippen molar-refractivity contribution in [1.82, 2.24) is 0 Å². The molecule has 0 rings (SSSR count). The molecule has 0 aromatic rings. The summed E-state index contributed by atoms with van der Waals surface area (Å²) in [6.45, 7) is 0. The second-order valence-electron chi connectivity index (χ2n) is 0. The molecule has 0 spiro atoms. The Morgan fingerprint density at radius 2 is 1.00 bits per heavy atom. The SMILES string of the molecule is [Mg+2].[Na+].[O-2].[OH-]. The van der Waals surface area contributed by atoms with Gasteiger partial charge < -0.3 is 11.0 Å². The van der Waals surface area contributed by atoms with Crippen LogP contribution in [0.5, 0.6) is 0 Å². The average Bonchev–Trinajstić information content (AvgIpc) is 0. The zero-order valence-corrected chi connectivity index (χ0v) is 5.98. The first kappa shape index (κ1) is 43.9. The predicted octanol–water partition coefficient (Wildman–Crippen LogP) is -3.67. The summed E-state index contributed by atoms with van der Waals surface area (Å²) in [5, 5.41) is 0. The molecule has 2 nitrogen and oxygen atoms in total. The Hall–Kier alpha value is 1.69. The first-order valence-corrected chi connectivity index (χ1v) is 0. The van der Waals surface area contributed by atoms with Gasteiger partial charge in [0.1, 0.15) is 0 Å². The normalized spacial score (nSPS) is 0. The summed E-state index contributed by atoms with van der Waals surface area (Å²) in [4.78, 5) is 0. The van der Waals surface area contributed by atoms with Crippen molar-refractivity contribution >= 4 is 23.1 Å². The summed E-state index contributed by atoms with van der Waals surface area (Å²) < 4.78 is 0. The van der Waals surface area contributed by atoms with Crippen LogP contribution in [-0.4, -0.2) is 28.5 Å². The molecule has 4 heavy (non-hydrogen) atoms. The molecule has 0 aromatic carbocycles. The van der Waals surface area contributed by atoms with Gasteiger partial charge in [0.15, 0.2) is 0 Å². The first-order valence-electron chi connectivity index (χ1n) is 0. The standard InChI is InChI=1S/Mg.Na.H2O.O/h;;1H2;/q+2;+1;;-2/p-1. The molecule has 0 saturated carbocycles. The van der Waals surface area contributed by atoms with Crippen LogP contribution in [0.25, 0.3) is 0 Å². The zero-order valence-electron chi connectivity index (χ0n) is 2.56. The molecule has 1 N–H and O–H groups in total. The second-order valence-corrected chi connectivity index (χ2v) is 0. The van der Waals surface area contributed by atoms with Gasteiger partial charge in [-0.1, -0.05) is 0 Å². The molecule has 0 bridgehead atoms.